The molecule has 4 heteroatoms. The first-order valence-electron chi connectivity index (χ1n) is 3.31. The molecule has 0 bridgehead atoms. The second-order valence-corrected chi connectivity index (χ2v) is 3.06. The average Bonchev–Trinajstić information content (AvgIpc) is 1.81. The van der Waals surface area contributed by atoms with Crippen molar-refractivity contribution in [1.29, 1.82) is 0 Å². The Morgan fingerprint density at radius 1 is 1.55 bits per heavy atom. The number of rotatable bonds is 3. The van der Waals surface area contributed by atoms with E-state index in [1.54, 1.807) is 0 Å². The molecule has 0 unspecified atom stereocenters. The van der Waals surface area contributed by atoms with Crippen molar-refractivity contribution in [3.05, 3.63) is 0 Å². The summed E-state index contributed by atoms with van der Waals surface area (Å²) in [7, 11) is 1.38. The second-order valence-electron chi connectivity index (χ2n) is 3.06. The summed E-state index contributed by atoms with van der Waals surface area (Å²) in [5.74, 6) is -0.196. The Kier molecular flexibility index (Phi) is 6.52. The number of carbonyl (C=O) groups is 1. The van der Waals surface area contributed by atoms with Crippen LogP contribution in [0.2, 0.25) is 0 Å². The molecule has 0 aromatic rings. The maximum Gasteiger partial charge on any atom is 0.305 e. The van der Waals surface area contributed by atoms with Crippen molar-refractivity contribution < 1.29 is 9.53 Å². The topological polar surface area (TPSA) is 52.3 Å². The molecule has 0 aliphatic carbocycles. The first-order chi connectivity index (χ1) is 4.45. The fraction of sp³-hybridized carbons (Fsp3) is 0.857. The summed E-state index contributed by atoms with van der Waals surface area (Å²) in [5.41, 5.74) is 5.36. The van der Waals surface area contributed by atoms with E-state index in [0.29, 0.717) is 12.8 Å². The third kappa shape index (κ3) is 9.72. The van der Waals surface area contributed by atoms with Crippen LogP contribution < -0.4 is 5.73 Å². The molecule has 0 aromatic heterocycles. The van der Waals surface area contributed by atoms with Gasteiger partial charge in [0.2, 0.25) is 0 Å². The molecule has 0 radical (unpaired) electrons. The molecule has 0 aliphatic heterocycles. The lowest BCUT2D eigenvalue weighted by molar-refractivity contribution is -0.141. The van der Waals surface area contributed by atoms with Gasteiger partial charge in [-0.1, -0.05) is 0 Å². The van der Waals surface area contributed by atoms with E-state index in [9.17, 15) is 4.79 Å². The van der Waals surface area contributed by atoms with Crippen LogP contribution in [0.15, 0.2) is 0 Å². The van der Waals surface area contributed by atoms with E-state index in [0.717, 1.165) is 0 Å². The zero-order valence-corrected chi connectivity index (χ0v) is 8.03. The monoisotopic (exact) mass is 181 g/mol. The number of methoxy groups -OCH3 is 1. The van der Waals surface area contributed by atoms with Crippen LogP contribution in [0.5, 0.6) is 0 Å². The van der Waals surface area contributed by atoms with Gasteiger partial charge in [-0.25, -0.2) is 0 Å². The minimum absolute atomic E-state index is 0. The van der Waals surface area contributed by atoms with E-state index in [1.165, 1.54) is 7.11 Å². The molecular weight excluding hydrogens is 166 g/mol. The number of carbonyl (C=O) groups excluding carboxylic acids is 1. The lowest BCUT2D eigenvalue weighted by atomic mass is 10.0. The number of hydrogen-bond donors (Lipinski definition) is 1. The molecule has 0 aromatic carbocycles. The SMILES string of the molecule is COC(=O)CCC(C)(C)N.Cl. The van der Waals surface area contributed by atoms with Gasteiger partial charge in [-0.2, -0.15) is 0 Å². The second kappa shape index (κ2) is 5.38. The predicted molar refractivity (Wildman–Crippen MR) is 46.8 cm³/mol. The van der Waals surface area contributed by atoms with E-state index < -0.39 is 0 Å². The average molecular weight is 182 g/mol. The van der Waals surface area contributed by atoms with E-state index in [2.05, 4.69) is 4.74 Å². The normalized spacial score (nSPS) is 10.2. The summed E-state index contributed by atoms with van der Waals surface area (Å²) in [4.78, 5) is 10.6. The largest absolute Gasteiger partial charge is 0.469 e. The van der Waals surface area contributed by atoms with Crippen LogP contribution in [0.3, 0.4) is 0 Å². The Balaban J connectivity index is 0. The zero-order chi connectivity index (χ0) is 8.20. The summed E-state index contributed by atoms with van der Waals surface area (Å²) in [6.45, 7) is 3.77. The predicted octanol–water partition coefficient (Wildman–Crippen LogP) is 1.10. The summed E-state index contributed by atoms with van der Waals surface area (Å²) in [6.07, 6.45) is 1.07. The van der Waals surface area contributed by atoms with Crippen LogP contribution in [0.4, 0.5) is 0 Å². The number of nitrogens with two attached hydrogens (primary N) is 1. The van der Waals surface area contributed by atoms with Crippen LogP contribution in [-0.2, 0) is 9.53 Å². The first-order valence-corrected chi connectivity index (χ1v) is 3.31. The lowest BCUT2D eigenvalue weighted by Crippen LogP contribution is -2.32. The molecule has 2 N–H and O–H groups in total. The van der Waals surface area contributed by atoms with Crippen LogP contribution >= 0.6 is 12.4 Å². The number of esters is 1. The van der Waals surface area contributed by atoms with Crippen molar-refractivity contribution in [2.75, 3.05) is 7.11 Å². The van der Waals surface area contributed by atoms with Gasteiger partial charge in [0.15, 0.2) is 0 Å². The standard InChI is InChI=1S/C7H15NO2.ClH/c1-7(2,8)5-4-6(9)10-3;/h4-5,8H2,1-3H3;1H. The van der Waals surface area contributed by atoms with Crippen molar-refractivity contribution in [3.63, 3.8) is 0 Å². The van der Waals surface area contributed by atoms with Gasteiger partial charge in [0.05, 0.1) is 7.11 Å². The molecule has 0 rings (SSSR count). The Bertz CT molecular complexity index is 120. The molecular formula is C7H16ClNO2. The van der Waals surface area contributed by atoms with Gasteiger partial charge in [0.1, 0.15) is 0 Å². The first kappa shape index (κ1) is 13.3. The Labute approximate surface area is 73.7 Å². The molecule has 0 fully saturated rings. The third-order valence-electron chi connectivity index (χ3n) is 1.20. The van der Waals surface area contributed by atoms with Crippen LogP contribution in [0.25, 0.3) is 0 Å². The van der Waals surface area contributed by atoms with Crippen LogP contribution in [-0.4, -0.2) is 18.6 Å². The highest BCUT2D eigenvalue weighted by Gasteiger charge is 2.12. The smallest absolute Gasteiger partial charge is 0.305 e. The van der Waals surface area contributed by atoms with E-state index >= 15 is 0 Å². The van der Waals surface area contributed by atoms with E-state index in [4.69, 9.17) is 5.73 Å². The van der Waals surface area contributed by atoms with Crippen molar-refractivity contribution in [3.8, 4) is 0 Å². The van der Waals surface area contributed by atoms with Gasteiger partial charge in [-0.15, -0.1) is 12.4 Å². The van der Waals surface area contributed by atoms with Crippen molar-refractivity contribution in [1.82, 2.24) is 0 Å². The van der Waals surface area contributed by atoms with Gasteiger partial charge in [0.25, 0.3) is 0 Å². The van der Waals surface area contributed by atoms with Crippen LogP contribution in [0.1, 0.15) is 26.7 Å². The third-order valence-corrected chi connectivity index (χ3v) is 1.20. The fourth-order valence-corrected chi connectivity index (χ4v) is 0.526. The summed E-state index contributed by atoms with van der Waals surface area (Å²) in [6, 6.07) is 0. The highest BCUT2D eigenvalue weighted by Crippen LogP contribution is 2.06. The van der Waals surface area contributed by atoms with Crippen LogP contribution in [0, 0.1) is 0 Å². The molecule has 68 valence electrons. The summed E-state index contributed by atoms with van der Waals surface area (Å²) < 4.78 is 4.45. The highest BCUT2D eigenvalue weighted by atomic mass is 35.5. The molecule has 0 aliphatic rings. The van der Waals surface area contributed by atoms with Gasteiger partial charge in [-0.05, 0) is 20.3 Å². The molecule has 0 saturated heterocycles. The molecule has 3 nitrogen and oxygen atoms in total. The molecule has 11 heavy (non-hydrogen) atoms. The number of ether oxygens (including phenoxy) is 1. The highest BCUT2D eigenvalue weighted by molar-refractivity contribution is 5.85. The maximum absolute atomic E-state index is 10.6. The van der Waals surface area contributed by atoms with E-state index in [-0.39, 0.29) is 23.9 Å². The molecule has 0 saturated carbocycles. The quantitative estimate of drug-likeness (QED) is 0.664. The van der Waals surface area contributed by atoms with Gasteiger partial charge >= 0.3 is 5.97 Å². The lowest BCUT2D eigenvalue weighted by Gasteiger charge is -2.16. The summed E-state index contributed by atoms with van der Waals surface area (Å²) >= 11 is 0. The Morgan fingerprint density at radius 3 is 2.27 bits per heavy atom. The van der Waals surface area contributed by atoms with Crippen molar-refractivity contribution in [2.24, 2.45) is 5.73 Å². The van der Waals surface area contributed by atoms with Gasteiger partial charge < -0.3 is 10.5 Å². The Morgan fingerprint density at radius 2 is 2.00 bits per heavy atom. The molecule has 0 atom stereocenters. The van der Waals surface area contributed by atoms with Gasteiger partial charge in [-0.3, -0.25) is 4.79 Å². The minimum Gasteiger partial charge on any atom is -0.469 e. The maximum atomic E-state index is 10.6. The number of hydrogen-bond acceptors (Lipinski definition) is 3. The van der Waals surface area contributed by atoms with Crippen molar-refractivity contribution in [2.45, 2.75) is 32.2 Å². The Hall–Kier alpha value is -0.280. The van der Waals surface area contributed by atoms with Crippen molar-refractivity contribution >= 4 is 18.4 Å². The molecule has 0 amide bonds. The van der Waals surface area contributed by atoms with E-state index in [1.807, 2.05) is 13.8 Å². The summed E-state index contributed by atoms with van der Waals surface area (Å²) in [5, 5.41) is 0. The molecule has 0 spiro atoms. The molecule has 0 heterocycles. The fourth-order valence-electron chi connectivity index (χ4n) is 0.526. The van der Waals surface area contributed by atoms with Gasteiger partial charge in [0, 0.05) is 12.0 Å². The zero-order valence-electron chi connectivity index (χ0n) is 7.22. The number of halogens is 1. The minimum atomic E-state index is -0.270.